The van der Waals surface area contributed by atoms with Gasteiger partial charge in [0.15, 0.2) is 0 Å². The van der Waals surface area contributed by atoms with Gasteiger partial charge in [0.2, 0.25) is 5.88 Å². The average Bonchev–Trinajstić information content (AvgIpc) is 2.40. The summed E-state index contributed by atoms with van der Waals surface area (Å²) < 4.78 is 4.91. The van der Waals surface area contributed by atoms with E-state index in [-0.39, 0.29) is 0 Å². The lowest BCUT2D eigenvalue weighted by Crippen LogP contribution is -2.20. The second kappa shape index (κ2) is 5.58. The van der Waals surface area contributed by atoms with Crippen LogP contribution in [0, 0.1) is 0 Å². The molecule has 0 radical (unpaired) electrons. The van der Waals surface area contributed by atoms with Crippen molar-refractivity contribution in [3.8, 4) is 5.88 Å². The Labute approximate surface area is 103 Å². The number of hydrogen-bond acceptors (Lipinski definition) is 5. The fourth-order valence-electron chi connectivity index (χ4n) is 1.22. The molecule has 0 spiro atoms. The summed E-state index contributed by atoms with van der Waals surface area (Å²) in [5, 5.41) is 5.17. The van der Waals surface area contributed by atoms with Crippen LogP contribution in [0.2, 0.25) is 0 Å². The summed E-state index contributed by atoms with van der Waals surface area (Å²) in [6.07, 6.45) is 4.39. The highest BCUT2D eigenvalue weighted by Gasteiger charge is 2.03. The van der Waals surface area contributed by atoms with Crippen molar-refractivity contribution in [2.75, 3.05) is 17.7 Å². The molecule has 0 bridgehead atoms. The molecule has 0 aliphatic carbocycles. The number of nitrogens with one attached hydrogen (secondary N) is 2. The van der Waals surface area contributed by atoms with Gasteiger partial charge in [-0.1, -0.05) is 0 Å². The van der Waals surface area contributed by atoms with Crippen molar-refractivity contribution in [2.45, 2.75) is 0 Å². The molecule has 2 aromatic rings. The first-order valence-corrected chi connectivity index (χ1v) is 5.12. The molecular formula is C11H11N5O2. The maximum atomic E-state index is 11.6. The van der Waals surface area contributed by atoms with Crippen LogP contribution in [0.1, 0.15) is 0 Å². The smallest absolute Gasteiger partial charge is 0.324 e. The first kappa shape index (κ1) is 11.8. The molecule has 7 nitrogen and oxygen atoms in total. The first-order chi connectivity index (χ1) is 8.78. The van der Waals surface area contributed by atoms with Crippen LogP contribution in [0.3, 0.4) is 0 Å². The Balaban J connectivity index is 1.94. The van der Waals surface area contributed by atoms with Crippen molar-refractivity contribution in [1.82, 2.24) is 15.0 Å². The van der Waals surface area contributed by atoms with Crippen molar-refractivity contribution < 1.29 is 9.53 Å². The molecule has 2 heterocycles. The SMILES string of the molecule is COc1ccc(NC(=O)Nc2ccncn2)cn1. The monoisotopic (exact) mass is 245 g/mol. The highest BCUT2D eigenvalue weighted by Crippen LogP contribution is 2.11. The van der Waals surface area contributed by atoms with Crippen molar-refractivity contribution in [1.29, 1.82) is 0 Å². The Morgan fingerprint density at radius 2 is 2.11 bits per heavy atom. The standard InChI is InChI=1S/C11H11N5O2/c1-18-10-3-2-8(6-13-10)15-11(17)16-9-4-5-12-7-14-9/h2-7H,1H3,(H2,12,14,15,16,17). The molecule has 0 fully saturated rings. The van der Waals surface area contributed by atoms with Gasteiger partial charge in [0.1, 0.15) is 12.1 Å². The molecule has 92 valence electrons. The van der Waals surface area contributed by atoms with Crippen LogP contribution in [0.25, 0.3) is 0 Å². The molecule has 0 aromatic carbocycles. The number of aromatic nitrogens is 3. The van der Waals surface area contributed by atoms with E-state index in [0.29, 0.717) is 17.4 Å². The number of amides is 2. The van der Waals surface area contributed by atoms with Crippen LogP contribution in [0.15, 0.2) is 36.9 Å². The number of methoxy groups -OCH3 is 1. The van der Waals surface area contributed by atoms with Crippen LogP contribution in [-0.2, 0) is 0 Å². The molecular weight excluding hydrogens is 234 g/mol. The second-order valence-electron chi connectivity index (χ2n) is 3.26. The largest absolute Gasteiger partial charge is 0.481 e. The molecule has 0 aliphatic rings. The van der Waals surface area contributed by atoms with Gasteiger partial charge in [-0.15, -0.1) is 0 Å². The minimum Gasteiger partial charge on any atom is -0.481 e. The minimum absolute atomic E-state index is 0.402. The molecule has 0 unspecified atom stereocenters. The van der Waals surface area contributed by atoms with Crippen molar-refractivity contribution >= 4 is 17.5 Å². The average molecular weight is 245 g/mol. The van der Waals surface area contributed by atoms with Crippen LogP contribution in [0.5, 0.6) is 5.88 Å². The summed E-state index contributed by atoms with van der Waals surface area (Å²) in [6.45, 7) is 0. The summed E-state index contributed by atoms with van der Waals surface area (Å²) in [7, 11) is 1.53. The normalized spacial score (nSPS) is 9.61. The Kier molecular flexibility index (Phi) is 3.65. The van der Waals surface area contributed by atoms with E-state index >= 15 is 0 Å². The lowest BCUT2D eigenvalue weighted by Gasteiger charge is -2.06. The van der Waals surface area contributed by atoms with Gasteiger partial charge >= 0.3 is 6.03 Å². The second-order valence-corrected chi connectivity index (χ2v) is 3.26. The highest BCUT2D eigenvalue weighted by atomic mass is 16.5. The number of carbonyl (C=O) groups is 1. The highest BCUT2D eigenvalue weighted by molar-refractivity contribution is 5.98. The summed E-state index contributed by atoms with van der Waals surface area (Å²) in [5.41, 5.74) is 0.558. The third-order valence-corrected chi connectivity index (χ3v) is 2.03. The number of anilines is 2. The molecule has 2 amide bonds. The molecule has 0 saturated heterocycles. The predicted octanol–water partition coefficient (Wildman–Crippen LogP) is 1.52. The fraction of sp³-hybridized carbons (Fsp3) is 0.0909. The fourth-order valence-corrected chi connectivity index (χ4v) is 1.22. The Morgan fingerprint density at radius 1 is 1.22 bits per heavy atom. The molecule has 7 heteroatoms. The maximum absolute atomic E-state index is 11.6. The number of urea groups is 1. The van der Waals surface area contributed by atoms with E-state index in [0.717, 1.165) is 0 Å². The zero-order valence-electron chi connectivity index (χ0n) is 9.62. The Bertz CT molecular complexity index is 515. The third kappa shape index (κ3) is 3.14. The van der Waals surface area contributed by atoms with Gasteiger partial charge in [0.25, 0.3) is 0 Å². The van der Waals surface area contributed by atoms with E-state index in [1.54, 1.807) is 18.2 Å². The zero-order chi connectivity index (χ0) is 12.8. The molecule has 0 aliphatic heterocycles. The van der Waals surface area contributed by atoms with Gasteiger partial charge in [-0.2, -0.15) is 0 Å². The number of rotatable bonds is 3. The third-order valence-electron chi connectivity index (χ3n) is 2.03. The molecule has 0 saturated carbocycles. The maximum Gasteiger partial charge on any atom is 0.324 e. The van der Waals surface area contributed by atoms with E-state index in [2.05, 4.69) is 25.6 Å². The topological polar surface area (TPSA) is 89.0 Å². The van der Waals surface area contributed by atoms with Crippen molar-refractivity contribution in [2.24, 2.45) is 0 Å². The number of carbonyl (C=O) groups excluding carboxylic acids is 1. The van der Waals surface area contributed by atoms with E-state index in [9.17, 15) is 4.79 Å². The minimum atomic E-state index is -0.402. The number of pyridine rings is 1. The van der Waals surface area contributed by atoms with Crippen LogP contribution < -0.4 is 15.4 Å². The number of ether oxygens (including phenoxy) is 1. The van der Waals surface area contributed by atoms with Gasteiger partial charge in [0.05, 0.1) is 19.0 Å². The molecule has 2 aromatic heterocycles. The summed E-state index contributed by atoms with van der Waals surface area (Å²) in [6, 6.07) is 4.53. The quantitative estimate of drug-likeness (QED) is 0.855. The Morgan fingerprint density at radius 3 is 2.72 bits per heavy atom. The van der Waals surface area contributed by atoms with Crippen LogP contribution in [-0.4, -0.2) is 28.1 Å². The van der Waals surface area contributed by atoms with Gasteiger partial charge in [-0.05, 0) is 12.1 Å². The lowest BCUT2D eigenvalue weighted by atomic mass is 10.4. The van der Waals surface area contributed by atoms with E-state index < -0.39 is 6.03 Å². The van der Waals surface area contributed by atoms with Crippen LogP contribution >= 0.6 is 0 Å². The van der Waals surface area contributed by atoms with Gasteiger partial charge in [0, 0.05) is 12.3 Å². The summed E-state index contributed by atoms with van der Waals surface area (Å²) in [5.74, 6) is 0.903. The Hall–Kier alpha value is -2.70. The molecule has 0 atom stereocenters. The lowest BCUT2D eigenvalue weighted by molar-refractivity contribution is 0.262. The van der Waals surface area contributed by atoms with E-state index in [1.807, 2.05) is 0 Å². The zero-order valence-corrected chi connectivity index (χ0v) is 9.62. The summed E-state index contributed by atoms with van der Waals surface area (Å²) >= 11 is 0. The van der Waals surface area contributed by atoms with Crippen LogP contribution in [0.4, 0.5) is 16.3 Å². The molecule has 2 N–H and O–H groups in total. The molecule has 2 rings (SSSR count). The summed E-state index contributed by atoms with van der Waals surface area (Å²) in [4.78, 5) is 23.2. The van der Waals surface area contributed by atoms with Gasteiger partial charge in [-0.3, -0.25) is 5.32 Å². The molecule has 18 heavy (non-hydrogen) atoms. The first-order valence-electron chi connectivity index (χ1n) is 5.12. The van der Waals surface area contributed by atoms with Gasteiger partial charge in [-0.25, -0.2) is 19.7 Å². The number of hydrogen-bond donors (Lipinski definition) is 2. The number of nitrogens with zero attached hydrogens (tertiary/aromatic N) is 3. The van der Waals surface area contributed by atoms with Crippen molar-refractivity contribution in [3.63, 3.8) is 0 Å². The van der Waals surface area contributed by atoms with E-state index in [4.69, 9.17) is 4.74 Å². The predicted molar refractivity (Wildman–Crippen MR) is 65.5 cm³/mol. The van der Waals surface area contributed by atoms with Crippen molar-refractivity contribution in [3.05, 3.63) is 36.9 Å². The van der Waals surface area contributed by atoms with E-state index in [1.165, 1.54) is 25.8 Å². The van der Waals surface area contributed by atoms with Gasteiger partial charge < -0.3 is 10.1 Å².